The van der Waals surface area contributed by atoms with E-state index >= 15 is 0 Å². The van der Waals surface area contributed by atoms with Crippen molar-refractivity contribution in [2.45, 2.75) is 32.1 Å². The van der Waals surface area contributed by atoms with Gasteiger partial charge < -0.3 is 9.84 Å². The third-order valence-electron chi connectivity index (χ3n) is 4.78. The number of benzene rings is 1. The normalized spacial score (nSPS) is 15.3. The lowest BCUT2D eigenvalue weighted by Gasteiger charge is -2.17. The van der Waals surface area contributed by atoms with Gasteiger partial charge in [-0.15, -0.1) is 0 Å². The summed E-state index contributed by atoms with van der Waals surface area (Å²) < 4.78 is 5.55. The third-order valence-corrected chi connectivity index (χ3v) is 4.78. The molecule has 120 valence electrons. The molecule has 0 unspecified atom stereocenters. The zero-order valence-electron chi connectivity index (χ0n) is 14.0. The van der Waals surface area contributed by atoms with Crippen molar-refractivity contribution in [2.24, 2.45) is 0 Å². The summed E-state index contributed by atoms with van der Waals surface area (Å²) in [6, 6.07) is 10.3. The maximum absolute atomic E-state index is 9.70. The Bertz CT molecular complexity index is 760. The fraction of sp³-hybridized carbons (Fsp3) is 0.350. The second kappa shape index (κ2) is 5.82. The van der Waals surface area contributed by atoms with Gasteiger partial charge in [0.2, 0.25) is 0 Å². The highest BCUT2D eigenvalue weighted by atomic mass is 16.5. The first-order valence-corrected chi connectivity index (χ1v) is 7.94. The number of pyridine rings is 1. The molecule has 1 heterocycles. The highest BCUT2D eigenvalue weighted by Crippen LogP contribution is 2.49. The van der Waals surface area contributed by atoms with Crippen LogP contribution in [0.15, 0.2) is 36.9 Å². The average Bonchev–Trinajstić information content (AvgIpc) is 3.35. The highest BCUT2D eigenvalue weighted by molar-refractivity contribution is 5.75. The Hall–Kier alpha value is -2.13. The molecule has 0 radical (unpaired) electrons. The van der Waals surface area contributed by atoms with Gasteiger partial charge >= 0.3 is 0 Å². The van der Waals surface area contributed by atoms with E-state index in [2.05, 4.69) is 29.8 Å². The van der Waals surface area contributed by atoms with Crippen molar-refractivity contribution < 1.29 is 9.84 Å². The molecule has 1 N–H and O–H groups in total. The molecule has 1 aromatic heterocycles. The van der Waals surface area contributed by atoms with Crippen molar-refractivity contribution in [1.29, 1.82) is 0 Å². The van der Waals surface area contributed by atoms with E-state index in [1.54, 1.807) is 7.11 Å². The predicted octanol–water partition coefficient (Wildman–Crippen LogP) is 4.12. The molecule has 1 saturated carbocycles. The number of methoxy groups -OCH3 is 1. The Kier molecular flexibility index (Phi) is 3.99. The quantitative estimate of drug-likeness (QED) is 0.903. The van der Waals surface area contributed by atoms with E-state index in [0.29, 0.717) is 0 Å². The largest absolute Gasteiger partial charge is 0.496 e. The summed E-state index contributed by atoms with van der Waals surface area (Å²) in [5.74, 6) is 0.829. The van der Waals surface area contributed by atoms with Crippen LogP contribution in [0, 0.1) is 6.92 Å². The van der Waals surface area contributed by atoms with Crippen molar-refractivity contribution in [3.05, 3.63) is 53.9 Å². The number of aliphatic hydroxyl groups is 1. The van der Waals surface area contributed by atoms with Gasteiger partial charge in [0.15, 0.2) is 0 Å². The molecule has 3 heteroatoms. The first-order valence-electron chi connectivity index (χ1n) is 7.94. The molecular weight excluding hydrogens is 286 g/mol. The van der Waals surface area contributed by atoms with Crippen LogP contribution in [0.2, 0.25) is 0 Å². The highest BCUT2D eigenvalue weighted by Gasteiger charge is 2.43. The van der Waals surface area contributed by atoms with Gasteiger partial charge in [0, 0.05) is 22.2 Å². The number of aliphatic hydroxyl groups excluding tert-OH is 1. The Morgan fingerprint density at radius 1 is 1.26 bits per heavy atom. The van der Waals surface area contributed by atoms with Crippen LogP contribution in [0.1, 0.15) is 36.7 Å². The SMILES string of the molecule is C=C(C)c1ccc(-c2cc(C3(CO)CC3)ccc2OC)c(C)n1. The summed E-state index contributed by atoms with van der Waals surface area (Å²) in [6.07, 6.45) is 2.09. The zero-order chi connectivity index (χ0) is 16.6. The monoisotopic (exact) mass is 309 g/mol. The maximum Gasteiger partial charge on any atom is 0.126 e. The lowest BCUT2D eigenvalue weighted by atomic mass is 9.92. The van der Waals surface area contributed by atoms with Crippen LogP contribution in [0.3, 0.4) is 0 Å². The first kappa shape index (κ1) is 15.8. The molecule has 0 saturated heterocycles. The number of aromatic nitrogens is 1. The Morgan fingerprint density at radius 2 is 2.00 bits per heavy atom. The van der Waals surface area contributed by atoms with Gasteiger partial charge in [-0.05, 0) is 56.0 Å². The van der Waals surface area contributed by atoms with E-state index in [-0.39, 0.29) is 12.0 Å². The molecule has 0 atom stereocenters. The van der Waals surface area contributed by atoms with Gasteiger partial charge in [-0.25, -0.2) is 0 Å². The van der Waals surface area contributed by atoms with Crippen LogP contribution in [0.4, 0.5) is 0 Å². The van der Waals surface area contributed by atoms with Crippen LogP contribution < -0.4 is 4.74 Å². The Morgan fingerprint density at radius 3 is 2.52 bits per heavy atom. The summed E-state index contributed by atoms with van der Waals surface area (Å²) in [6.45, 7) is 8.12. The number of hydrogen-bond donors (Lipinski definition) is 1. The molecule has 2 aromatic rings. The zero-order valence-corrected chi connectivity index (χ0v) is 14.0. The number of rotatable bonds is 5. The molecule has 0 aliphatic heterocycles. The van der Waals surface area contributed by atoms with Gasteiger partial charge in [-0.3, -0.25) is 4.98 Å². The van der Waals surface area contributed by atoms with Crippen LogP contribution in [0.25, 0.3) is 16.7 Å². The molecule has 3 rings (SSSR count). The topological polar surface area (TPSA) is 42.4 Å². The van der Waals surface area contributed by atoms with E-state index < -0.39 is 0 Å². The smallest absolute Gasteiger partial charge is 0.126 e. The lowest BCUT2D eigenvalue weighted by molar-refractivity contribution is 0.255. The molecule has 1 aliphatic rings. The average molecular weight is 309 g/mol. The number of nitrogens with zero attached hydrogens (tertiary/aromatic N) is 1. The van der Waals surface area contributed by atoms with Gasteiger partial charge in [-0.1, -0.05) is 18.7 Å². The summed E-state index contributed by atoms with van der Waals surface area (Å²) in [5, 5.41) is 9.70. The molecule has 0 spiro atoms. The molecule has 0 amide bonds. The maximum atomic E-state index is 9.70. The van der Waals surface area contributed by atoms with Crippen LogP contribution in [-0.4, -0.2) is 23.8 Å². The minimum absolute atomic E-state index is 0.0556. The van der Waals surface area contributed by atoms with E-state index in [4.69, 9.17) is 4.74 Å². The van der Waals surface area contributed by atoms with Crippen molar-refractivity contribution in [1.82, 2.24) is 4.98 Å². The standard InChI is InChI=1S/C20H23NO2/c1-13(2)18-7-6-16(14(3)21-18)17-11-15(5-8-19(17)23-4)20(12-22)9-10-20/h5-8,11,22H,1,9-10,12H2,2-4H3. The predicted molar refractivity (Wildman–Crippen MR) is 93.7 cm³/mol. The van der Waals surface area contributed by atoms with Gasteiger partial charge in [0.05, 0.1) is 19.4 Å². The number of hydrogen-bond acceptors (Lipinski definition) is 3. The van der Waals surface area contributed by atoms with Gasteiger partial charge in [0.25, 0.3) is 0 Å². The molecular formula is C20H23NO2. The van der Waals surface area contributed by atoms with E-state index in [1.807, 2.05) is 26.0 Å². The van der Waals surface area contributed by atoms with E-state index in [1.165, 1.54) is 5.56 Å². The van der Waals surface area contributed by atoms with Gasteiger partial charge in [-0.2, -0.15) is 0 Å². The summed E-state index contributed by atoms with van der Waals surface area (Å²) >= 11 is 0. The molecule has 1 fully saturated rings. The summed E-state index contributed by atoms with van der Waals surface area (Å²) in [4.78, 5) is 4.65. The minimum Gasteiger partial charge on any atom is -0.496 e. The van der Waals surface area contributed by atoms with Crippen molar-refractivity contribution in [2.75, 3.05) is 13.7 Å². The number of ether oxygens (including phenoxy) is 1. The first-order chi connectivity index (χ1) is 11.0. The molecule has 1 aromatic carbocycles. The fourth-order valence-corrected chi connectivity index (χ4v) is 3.02. The second-order valence-electron chi connectivity index (χ2n) is 6.46. The third kappa shape index (κ3) is 2.77. The van der Waals surface area contributed by atoms with Crippen molar-refractivity contribution in [3.8, 4) is 16.9 Å². The van der Waals surface area contributed by atoms with Crippen LogP contribution >= 0.6 is 0 Å². The molecule has 1 aliphatic carbocycles. The van der Waals surface area contributed by atoms with Crippen LogP contribution in [0.5, 0.6) is 5.75 Å². The summed E-state index contributed by atoms with van der Waals surface area (Å²) in [5.41, 5.74) is 6.03. The number of allylic oxidation sites excluding steroid dienone is 1. The van der Waals surface area contributed by atoms with Crippen LogP contribution in [-0.2, 0) is 5.41 Å². The Labute approximate surface area is 137 Å². The fourth-order valence-electron chi connectivity index (χ4n) is 3.02. The van der Waals surface area contributed by atoms with E-state index in [9.17, 15) is 5.11 Å². The molecule has 0 bridgehead atoms. The van der Waals surface area contributed by atoms with Gasteiger partial charge in [0.1, 0.15) is 5.75 Å². The number of aryl methyl sites for hydroxylation is 1. The van der Waals surface area contributed by atoms with Crippen molar-refractivity contribution in [3.63, 3.8) is 0 Å². The Balaban J connectivity index is 2.11. The minimum atomic E-state index is -0.0556. The van der Waals surface area contributed by atoms with E-state index in [0.717, 1.165) is 46.7 Å². The summed E-state index contributed by atoms with van der Waals surface area (Å²) in [7, 11) is 1.68. The van der Waals surface area contributed by atoms with Crippen molar-refractivity contribution >= 4 is 5.57 Å². The second-order valence-corrected chi connectivity index (χ2v) is 6.46. The molecule has 3 nitrogen and oxygen atoms in total. The molecule has 23 heavy (non-hydrogen) atoms. The lowest BCUT2D eigenvalue weighted by Crippen LogP contribution is -2.12.